The largest absolute Gasteiger partial charge is 0.437 e. The van der Waals surface area contributed by atoms with E-state index >= 15 is 0 Å². The monoisotopic (exact) mass is 507 g/mol. The number of aromatic nitrogens is 4. The molecular weight excluding hydrogens is 474 g/mol. The van der Waals surface area contributed by atoms with Gasteiger partial charge in [0.15, 0.2) is 0 Å². The van der Waals surface area contributed by atoms with E-state index in [0.29, 0.717) is 23.6 Å². The van der Waals surface area contributed by atoms with Crippen molar-refractivity contribution in [2.24, 2.45) is 4.99 Å². The number of nitrogens with zero attached hydrogens (tertiary/aromatic N) is 5. The molecule has 194 valence electrons. The van der Waals surface area contributed by atoms with Gasteiger partial charge in [0, 0.05) is 35.8 Å². The normalized spacial score (nSPS) is 16.4. The van der Waals surface area contributed by atoms with Crippen molar-refractivity contribution in [3.05, 3.63) is 89.8 Å². The van der Waals surface area contributed by atoms with Crippen LogP contribution in [0.15, 0.2) is 77.9 Å². The molecule has 2 N–H and O–H groups in total. The van der Waals surface area contributed by atoms with Crippen LogP contribution in [0.5, 0.6) is 5.75 Å². The summed E-state index contributed by atoms with van der Waals surface area (Å²) in [7, 11) is 0. The van der Waals surface area contributed by atoms with E-state index in [1.54, 1.807) is 6.20 Å². The quantitative estimate of drug-likeness (QED) is 0.183. The molecule has 8 heteroatoms. The Bertz CT molecular complexity index is 1510. The summed E-state index contributed by atoms with van der Waals surface area (Å²) in [5, 5.41) is 13.5. The van der Waals surface area contributed by atoms with Crippen LogP contribution in [0.2, 0.25) is 0 Å². The molecule has 2 aromatic carbocycles. The molecule has 0 spiro atoms. The van der Waals surface area contributed by atoms with E-state index in [1.807, 2.05) is 62.0 Å². The van der Waals surface area contributed by atoms with Crippen molar-refractivity contribution in [1.82, 2.24) is 25.1 Å². The summed E-state index contributed by atoms with van der Waals surface area (Å²) in [5.41, 5.74) is 4.36. The molecule has 0 saturated carbocycles. The third-order valence-electron chi connectivity index (χ3n) is 6.62. The second-order valence-electron chi connectivity index (χ2n) is 9.42. The van der Waals surface area contributed by atoms with Crippen molar-refractivity contribution >= 4 is 29.0 Å². The van der Waals surface area contributed by atoms with Crippen molar-refractivity contribution in [3.8, 4) is 11.4 Å². The van der Waals surface area contributed by atoms with Gasteiger partial charge in [0.05, 0.1) is 22.6 Å². The van der Waals surface area contributed by atoms with Gasteiger partial charge in [0.25, 0.3) is 0 Å². The van der Waals surface area contributed by atoms with E-state index in [-0.39, 0.29) is 0 Å². The van der Waals surface area contributed by atoms with Gasteiger partial charge in [0.1, 0.15) is 5.75 Å². The zero-order valence-electron chi connectivity index (χ0n) is 22.1. The Labute approximate surface area is 223 Å². The molecule has 8 nitrogen and oxygen atoms in total. The van der Waals surface area contributed by atoms with Gasteiger partial charge in [-0.1, -0.05) is 36.4 Å². The molecule has 0 unspecified atom stereocenters. The summed E-state index contributed by atoms with van der Waals surface area (Å²) in [6, 6.07) is 14.4. The predicted molar refractivity (Wildman–Crippen MR) is 154 cm³/mol. The van der Waals surface area contributed by atoms with Crippen LogP contribution in [0.4, 0.5) is 5.95 Å². The Kier molecular flexibility index (Phi) is 7.60. The fourth-order valence-electron chi connectivity index (χ4n) is 4.74. The number of fused-ring (bicyclic) bond motifs is 1. The molecule has 0 amide bonds. The number of anilines is 1. The minimum atomic E-state index is 0.299. The molecule has 1 fully saturated rings. The van der Waals surface area contributed by atoms with E-state index in [4.69, 9.17) is 9.72 Å². The van der Waals surface area contributed by atoms with Crippen molar-refractivity contribution < 1.29 is 4.74 Å². The molecule has 3 heterocycles. The second-order valence-corrected chi connectivity index (χ2v) is 9.42. The van der Waals surface area contributed by atoms with Crippen LogP contribution < -0.4 is 15.4 Å². The lowest BCUT2D eigenvalue weighted by molar-refractivity contribution is 0.426. The highest BCUT2D eigenvalue weighted by molar-refractivity contribution is 5.95. The number of aryl methyl sites for hydroxylation is 2. The van der Waals surface area contributed by atoms with Crippen LogP contribution in [0.25, 0.3) is 22.0 Å². The Morgan fingerprint density at radius 2 is 2.08 bits per heavy atom. The van der Waals surface area contributed by atoms with Crippen LogP contribution in [0, 0.1) is 13.8 Å². The minimum absolute atomic E-state index is 0.299. The third kappa shape index (κ3) is 5.35. The average molecular weight is 508 g/mol. The van der Waals surface area contributed by atoms with Gasteiger partial charge in [0.2, 0.25) is 11.8 Å². The van der Waals surface area contributed by atoms with Crippen molar-refractivity contribution in [1.29, 1.82) is 0 Å². The fourth-order valence-corrected chi connectivity index (χ4v) is 4.74. The van der Waals surface area contributed by atoms with Gasteiger partial charge in [-0.05, 0) is 70.6 Å². The van der Waals surface area contributed by atoms with Crippen LogP contribution in [-0.4, -0.2) is 45.6 Å². The van der Waals surface area contributed by atoms with E-state index in [2.05, 4.69) is 56.7 Å². The molecule has 0 aliphatic carbocycles. The average Bonchev–Trinajstić information content (AvgIpc) is 3.38. The van der Waals surface area contributed by atoms with Crippen LogP contribution in [0.3, 0.4) is 0 Å². The maximum Gasteiger partial charge on any atom is 0.228 e. The Hall–Kier alpha value is -4.30. The smallest absolute Gasteiger partial charge is 0.228 e. The standard InChI is InChI=1S/C30H33N7O/c1-5-8-25(26-14-17-33-30(35-26)34-22-9-7-16-32-19-22)29(31-4)38-28-20(2)12-13-23-24(28)10-6-11-27(23)37-18-15-21(3)36-37/h5-6,8,10-15,17-18,22,32H,4,7,9,16,19H2,1-3H3,(H,33,34,35)/b8-5-,29-25-/t22-/m0/s1. The van der Waals surface area contributed by atoms with E-state index in [9.17, 15) is 0 Å². The van der Waals surface area contributed by atoms with Gasteiger partial charge < -0.3 is 15.4 Å². The number of rotatable bonds is 8. The van der Waals surface area contributed by atoms with Gasteiger partial charge in [-0.25, -0.2) is 19.6 Å². The third-order valence-corrected chi connectivity index (χ3v) is 6.62. The molecular formula is C30H33N7O. The van der Waals surface area contributed by atoms with Crippen molar-refractivity contribution in [2.45, 2.75) is 39.7 Å². The SMILES string of the molecule is C=N/C(Oc1c(C)ccc2c(-n3ccc(C)n3)cccc12)=C(\C=C/C)c1ccnc(N[C@H]2CCCNC2)n1. The zero-order valence-corrected chi connectivity index (χ0v) is 22.1. The molecule has 5 rings (SSSR count). The van der Waals surface area contributed by atoms with E-state index < -0.39 is 0 Å². The van der Waals surface area contributed by atoms with Gasteiger partial charge in [-0.2, -0.15) is 5.10 Å². The molecule has 1 saturated heterocycles. The second kappa shape index (κ2) is 11.4. The number of nitrogens with one attached hydrogen (secondary N) is 2. The van der Waals surface area contributed by atoms with Crippen molar-refractivity contribution in [3.63, 3.8) is 0 Å². The number of ether oxygens (including phenoxy) is 1. The first-order valence-electron chi connectivity index (χ1n) is 12.9. The number of aliphatic imine (C=N–C) groups is 1. The maximum absolute atomic E-state index is 6.54. The summed E-state index contributed by atoms with van der Waals surface area (Å²) in [5.74, 6) is 1.68. The highest BCUT2D eigenvalue weighted by Crippen LogP contribution is 2.35. The van der Waals surface area contributed by atoms with Crippen LogP contribution >= 0.6 is 0 Å². The van der Waals surface area contributed by atoms with E-state index in [1.165, 1.54) is 0 Å². The first kappa shape index (κ1) is 25.4. The van der Waals surface area contributed by atoms with Crippen LogP contribution in [0.1, 0.15) is 36.7 Å². The number of benzene rings is 2. The predicted octanol–water partition coefficient (Wildman–Crippen LogP) is 5.62. The molecule has 0 bridgehead atoms. The van der Waals surface area contributed by atoms with Gasteiger partial charge in [-0.3, -0.25) is 0 Å². The molecule has 1 aliphatic rings. The number of allylic oxidation sites excluding steroid dienone is 3. The lowest BCUT2D eigenvalue weighted by Gasteiger charge is -2.23. The molecule has 1 atom stereocenters. The summed E-state index contributed by atoms with van der Waals surface area (Å²) in [6.07, 6.45) is 9.82. The highest BCUT2D eigenvalue weighted by Gasteiger charge is 2.18. The first-order valence-corrected chi connectivity index (χ1v) is 12.9. The van der Waals surface area contributed by atoms with Gasteiger partial charge in [-0.15, -0.1) is 0 Å². The Balaban J connectivity index is 1.55. The Morgan fingerprint density at radius 3 is 2.82 bits per heavy atom. The molecule has 1 aliphatic heterocycles. The summed E-state index contributed by atoms with van der Waals surface area (Å²) >= 11 is 0. The molecule has 38 heavy (non-hydrogen) atoms. The fraction of sp³-hybridized carbons (Fsp3) is 0.267. The Morgan fingerprint density at radius 1 is 1.18 bits per heavy atom. The first-order chi connectivity index (χ1) is 18.6. The summed E-state index contributed by atoms with van der Waals surface area (Å²) in [6.45, 7) is 11.7. The number of hydrogen-bond acceptors (Lipinski definition) is 7. The topological polar surface area (TPSA) is 89.2 Å². The highest BCUT2D eigenvalue weighted by atomic mass is 16.5. The summed E-state index contributed by atoms with van der Waals surface area (Å²) < 4.78 is 8.43. The zero-order chi connectivity index (χ0) is 26.5. The lowest BCUT2D eigenvalue weighted by Crippen LogP contribution is -2.38. The number of hydrogen-bond donors (Lipinski definition) is 2. The molecule has 4 aromatic rings. The molecule has 0 radical (unpaired) electrons. The van der Waals surface area contributed by atoms with E-state index in [0.717, 1.165) is 65.0 Å². The molecule has 2 aromatic heterocycles. The summed E-state index contributed by atoms with van der Waals surface area (Å²) in [4.78, 5) is 13.6. The minimum Gasteiger partial charge on any atom is -0.437 e. The van der Waals surface area contributed by atoms with Crippen molar-refractivity contribution in [2.75, 3.05) is 18.4 Å². The number of piperidine rings is 1. The lowest BCUT2D eigenvalue weighted by atomic mass is 10.0. The maximum atomic E-state index is 6.54. The van der Waals surface area contributed by atoms with Crippen LogP contribution in [-0.2, 0) is 0 Å². The van der Waals surface area contributed by atoms with Gasteiger partial charge >= 0.3 is 0 Å².